The molecule has 0 saturated heterocycles. The molecule has 1 saturated carbocycles. The van der Waals surface area contributed by atoms with Crippen LogP contribution in [0.15, 0.2) is 91.0 Å². The molecule has 4 aromatic rings. The van der Waals surface area contributed by atoms with Crippen molar-refractivity contribution < 1.29 is 19.1 Å². The molecule has 4 aromatic carbocycles. The van der Waals surface area contributed by atoms with Crippen LogP contribution in [-0.2, 0) is 22.6 Å². The summed E-state index contributed by atoms with van der Waals surface area (Å²) in [6.07, 6.45) is 4.42. The molecular formula is C35H35N3O4. The third-order valence-corrected chi connectivity index (χ3v) is 8.40. The summed E-state index contributed by atoms with van der Waals surface area (Å²) in [6.45, 7) is 0.0311. The molecule has 0 radical (unpaired) electrons. The minimum absolute atomic E-state index is 0.108. The van der Waals surface area contributed by atoms with Gasteiger partial charge in [0.15, 0.2) is 0 Å². The van der Waals surface area contributed by atoms with E-state index in [1.807, 2.05) is 84.9 Å². The lowest BCUT2D eigenvalue weighted by Gasteiger charge is -2.33. The fourth-order valence-electron chi connectivity index (χ4n) is 6.25. The van der Waals surface area contributed by atoms with Gasteiger partial charge in [-0.05, 0) is 53.6 Å². The highest BCUT2D eigenvalue weighted by Gasteiger charge is 2.36. The molecule has 1 atom stereocenters. The van der Waals surface area contributed by atoms with Crippen LogP contribution in [0, 0.1) is 0 Å². The number of hydrogen-bond donors (Lipinski definition) is 1. The Morgan fingerprint density at radius 3 is 2.40 bits per heavy atom. The van der Waals surface area contributed by atoms with Crippen LogP contribution in [0.1, 0.15) is 47.2 Å². The molecule has 1 unspecified atom stereocenters. The van der Waals surface area contributed by atoms with Gasteiger partial charge in [0.25, 0.3) is 5.91 Å². The van der Waals surface area contributed by atoms with Gasteiger partial charge in [-0.15, -0.1) is 0 Å². The molecule has 0 spiro atoms. The first-order chi connectivity index (χ1) is 20.5. The summed E-state index contributed by atoms with van der Waals surface area (Å²) in [4.78, 5) is 45.1. The molecule has 1 aliphatic carbocycles. The van der Waals surface area contributed by atoms with Crippen LogP contribution in [0.5, 0.6) is 5.75 Å². The van der Waals surface area contributed by atoms with Gasteiger partial charge in [-0.3, -0.25) is 19.3 Å². The van der Waals surface area contributed by atoms with Gasteiger partial charge in [0, 0.05) is 30.0 Å². The monoisotopic (exact) mass is 561 g/mol. The molecule has 7 nitrogen and oxygen atoms in total. The maximum atomic E-state index is 14.4. The van der Waals surface area contributed by atoms with E-state index in [1.54, 1.807) is 23.0 Å². The van der Waals surface area contributed by atoms with Crippen LogP contribution in [0.4, 0.5) is 5.69 Å². The number of benzene rings is 4. The van der Waals surface area contributed by atoms with Gasteiger partial charge < -0.3 is 15.0 Å². The molecular weight excluding hydrogens is 526 g/mol. The highest BCUT2D eigenvalue weighted by atomic mass is 16.5. The normalized spacial score (nSPS) is 15.2. The summed E-state index contributed by atoms with van der Waals surface area (Å²) in [5.41, 5.74) is 3.11. The van der Waals surface area contributed by atoms with E-state index in [4.69, 9.17) is 4.74 Å². The van der Waals surface area contributed by atoms with E-state index in [1.165, 1.54) is 0 Å². The molecule has 214 valence electrons. The van der Waals surface area contributed by atoms with Crippen molar-refractivity contribution >= 4 is 34.2 Å². The van der Waals surface area contributed by atoms with Crippen molar-refractivity contribution in [3.63, 3.8) is 0 Å². The lowest BCUT2D eigenvalue weighted by Crippen LogP contribution is -2.54. The zero-order valence-electron chi connectivity index (χ0n) is 23.8. The van der Waals surface area contributed by atoms with Crippen LogP contribution in [0.25, 0.3) is 10.8 Å². The third kappa shape index (κ3) is 5.59. The number of nitrogens with zero attached hydrogens (tertiary/aromatic N) is 2. The topological polar surface area (TPSA) is 79.0 Å². The minimum atomic E-state index is -0.762. The SMILES string of the molecule is COc1cccc(CN(C(=O)CN2C(=O)c3cccc4cccc2c34)C(Cc2ccccc2)C(=O)NC2CCCC2)c1. The van der Waals surface area contributed by atoms with Crippen LogP contribution in [0.2, 0.25) is 0 Å². The molecule has 7 heteroatoms. The molecule has 0 aromatic heterocycles. The van der Waals surface area contributed by atoms with Crippen molar-refractivity contribution in [1.29, 1.82) is 0 Å². The maximum Gasteiger partial charge on any atom is 0.259 e. The average Bonchev–Trinajstić information content (AvgIpc) is 3.63. The van der Waals surface area contributed by atoms with Gasteiger partial charge in [0.1, 0.15) is 18.3 Å². The Hall–Kier alpha value is -4.65. The fraction of sp³-hybridized carbons (Fsp3) is 0.286. The highest BCUT2D eigenvalue weighted by Crippen LogP contribution is 2.37. The molecule has 2 aliphatic rings. The van der Waals surface area contributed by atoms with Gasteiger partial charge in [0.05, 0.1) is 12.8 Å². The van der Waals surface area contributed by atoms with Crippen LogP contribution >= 0.6 is 0 Å². The zero-order valence-corrected chi connectivity index (χ0v) is 23.8. The summed E-state index contributed by atoms with van der Waals surface area (Å²) in [5, 5.41) is 5.05. The van der Waals surface area contributed by atoms with Crippen molar-refractivity contribution in [2.45, 2.75) is 50.7 Å². The second-order valence-corrected chi connectivity index (χ2v) is 11.1. The summed E-state index contributed by atoms with van der Waals surface area (Å²) < 4.78 is 5.44. The van der Waals surface area contributed by atoms with Crippen LogP contribution in [0.3, 0.4) is 0 Å². The number of amides is 3. The third-order valence-electron chi connectivity index (χ3n) is 8.40. The van der Waals surface area contributed by atoms with Crippen molar-refractivity contribution in [2.75, 3.05) is 18.6 Å². The Balaban J connectivity index is 1.36. The number of hydrogen-bond acceptors (Lipinski definition) is 4. The number of nitrogens with one attached hydrogen (secondary N) is 1. The first-order valence-corrected chi connectivity index (χ1v) is 14.6. The zero-order chi connectivity index (χ0) is 29.1. The second-order valence-electron chi connectivity index (χ2n) is 11.1. The number of carbonyl (C=O) groups excluding carboxylic acids is 3. The highest BCUT2D eigenvalue weighted by molar-refractivity contribution is 6.26. The van der Waals surface area contributed by atoms with E-state index >= 15 is 0 Å². The first kappa shape index (κ1) is 27.5. The van der Waals surface area contributed by atoms with Gasteiger partial charge in [-0.25, -0.2) is 0 Å². The van der Waals surface area contributed by atoms with Gasteiger partial charge in [-0.1, -0.05) is 79.6 Å². The predicted octanol–water partition coefficient (Wildman–Crippen LogP) is 5.51. The average molecular weight is 562 g/mol. The Morgan fingerprint density at radius 1 is 0.929 bits per heavy atom. The van der Waals surface area contributed by atoms with E-state index in [2.05, 4.69) is 5.32 Å². The Labute approximate surface area is 246 Å². The van der Waals surface area contributed by atoms with Crippen LogP contribution in [-0.4, -0.2) is 48.4 Å². The van der Waals surface area contributed by atoms with Crippen LogP contribution < -0.4 is 15.0 Å². The predicted molar refractivity (Wildman–Crippen MR) is 164 cm³/mol. The Kier molecular flexibility index (Phi) is 7.91. The smallest absolute Gasteiger partial charge is 0.259 e. The summed E-state index contributed by atoms with van der Waals surface area (Å²) in [6, 6.07) is 28.1. The van der Waals surface area contributed by atoms with Crippen molar-refractivity contribution in [2.24, 2.45) is 0 Å². The molecule has 1 N–H and O–H groups in total. The Bertz CT molecular complexity index is 1610. The minimum Gasteiger partial charge on any atom is -0.497 e. The molecule has 3 amide bonds. The summed E-state index contributed by atoms with van der Waals surface area (Å²) in [7, 11) is 1.60. The van der Waals surface area contributed by atoms with Crippen molar-refractivity contribution in [3.05, 3.63) is 108 Å². The van der Waals surface area contributed by atoms with Crippen molar-refractivity contribution in [3.8, 4) is 5.75 Å². The number of carbonyl (C=O) groups is 3. The molecule has 1 fully saturated rings. The number of ether oxygens (including phenoxy) is 1. The molecule has 1 heterocycles. The van der Waals surface area contributed by atoms with E-state index in [9.17, 15) is 14.4 Å². The molecule has 1 aliphatic heterocycles. The lowest BCUT2D eigenvalue weighted by atomic mass is 10.0. The van der Waals surface area contributed by atoms with E-state index < -0.39 is 6.04 Å². The van der Waals surface area contributed by atoms with Gasteiger partial charge in [-0.2, -0.15) is 0 Å². The standard InChI is InChI=1S/C35H35N3O4/c1-42-28-17-7-12-25(20-28)22-37(31(21-24-10-3-2-4-11-24)34(40)36-27-15-5-6-16-27)32(39)23-38-30-19-9-14-26-13-8-18-29(33(26)30)35(38)41/h2-4,7-14,17-20,27,31H,5-6,15-16,21-23H2,1H3,(H,36,40). The number of rotatable bonds is 10. The van der Waals surface area contributed by atoms with Gasteiger partial charge in [0.2, 0.25) is 11.8 Å². The first-order valence-electron chi connectivity index (χ1n) is 14.6. The molecule has 42 heavy (non-hydrogen) atoms. The van der Waals surface area contributed by atoms with E-state index in [-0.39, 0.29) is 36.9 Å². The van der Waals surface area contributed by atoms with Crippen molar-refractivity contribution in [1.82, 2.24) is 10.2 Å². The summed E-state index contributed by atoms with van der Waals surface area (Å²) >= 11 is 0. The number of anilines is 1. The summed E-state index contributed by atoms with van der Waals surface area (Å²) in [5.74, 6) is 0.0110. The number of methoxy groups -OCH3 is 1. The Morgan fingerprint density at radius 2 is 1.64 bits per heavy atom. The quantitative estimate of drug-likeness (QED) is 0.277. The largest absolute Gasteiger partial charge is 0.497 e. The molecule has 6 rings (SSSR count). The van der Waals surface area contributed by atoms with E-state index in [0.29, 0.717) is 17.7 Å². The maximum absolute atomic E-state index is 14.4. The van der Waals surface area contributed by atoms with E-state index in [0.717, 1.165) is 53.3 Å². The lowest BCUT2D eigenvalue weighted by molar-refractivity contribution is -0.140. The second kappa shape index (κ2) is 12.1. The van der Waals surface area contributed by atoms with Gasteiger partial charge >= 0.3 is 0 Å². The fourth-order valence-corrected chi connectivity index (χ4v) is 6.25. The molecule has 0 bridgehead atoms.